The van der Waals surface area contributed by atoms with Crippen molar-refractivity contribution in [3.8, 4) is 6.07 Å². The first-order valence-electron chi connectivity index (χ1n) is 6.02. The quantitative estimate of drug-likeness (QED) is 0.821. The van der Waals surface area contributed by atoms with E-state index in [1.165, 1.54) is 11.6 Å². The van der Waals surface area contributed by atoms with Crippen LogP contribution in [0, 0.1) is 11.3 Å². The van der Waals surface area contributed by atoms with Crippen LogP contribution < -0.4 is 16.1 Å². The van der Waals surface area contributed by atoms with Crippen LogP contribution in [0.15, 0.2) is 25.5 Å². The molecule has 0 N–H and O–H groups in total. The van der Waals surface area contributed by atoms with E-state index in [0.717, 1.165) is 13.2 Å². The molecule has 21 heavy (non-hydrogen) atoms. The average Bonchev–Trinajstić information content (AvgIpc) is 2.85. The summed E-state index contributed by atoms with van der Waals surface area (Å²) in [5.41, 5.74) is -1.05. The highest BCUT2D eigenvalue weighted by Gasteiger charge is 2.19. The van der Waals surface area contributed by atoms with Crippen molar-refractivity contribution in [1.82, 2.24) is 9.13 Å². The van der Waals surface area contributed by atoms with Gasteiger partial charge in [0, 0.05) is 26.0 Å². The fraction of sp³-hybridized carbons (Fsp3) is 0.308. The number of halogens is 1. The predicted octanol–water partition coefficient (Wildman–Crippen LogP) is 1.42. The summed E-state index contributed by atoms with van der Waals surface area (Å²) in [5.74, 6) is 0.329. The monoisotopic (exact) mass is 368 g/mol. The molecule has 0 atom stereocenters. The van der Waals surface area contributed by atoms with Gasteiger partial charge in [0.15, 0.2) is 5.56 Å². The minimum Gasteiger partial charge on any atom is -0.355 e. The van der Waals surface area contributed by atoms with Gasteiger partial charge in [-0.2, -0.15) is 5.26 Å². The molecule has 2 aromatic heterocycles. The minimum absolute atomic E-state index is 0.0299. The first-order valence-corrected chi connectivity index (χ1v) is 7.63. The molecule has 2 rings (SSSR count). The Kier molecular flexibility index (Phi) is 4.34. The standard InChI is InChI=1S/C13H13BrN4O2S/c1-16(7-8-4-5-10(14)21-8)11-9(6-15)12(19)18(3)13(20)17(11)2/h4-5H,7H2,1-3H3. The second kappa shape index (κ2) is 5.87. The van der Waals surface area contributed by atoms with Crippen LogP contribution in [0.1, 0.15) is 10.4 Å². The van der Waals surface area contributed by atoms with Gasteiger partial charge in [-0.3, -0.25) is 13.9 Å². The van der Waals surface area contributed by atoms with Crippen molar-refractivity contribution in [2.45, 2.75) is 6.54 Å². The summed E-state index contributed by atoms with van der Waals surface area (Å²) in [4.78, 5) is 26.9. The van der Waals surface area contributed by atoms with Crippen LogP contribution in [0.25, 0.3) is 0 Å². The molecule has 8 heteroatoms. The summed E-state index contributed by atoms with van der Waals surface area (Å²) in [7, 11) is 4.67. The van der Waals surface area contributed by atoms with Crippen LogP contribution >= 0.6 is 27.3 Å². The van der Waals surface area contributed by atoms with Gasteiger partial charge in [0.05, 0.1) is 10.3 Å². The Balaban J connectivity index is 2.55. The number of nitriles is 1. The molecule has 0 aliphatic rings. The van der Waals surface area contributed by atoms with Gasteiger partial charge in [0.25, 0.3) is 5.56 Å². The molecular formula is C13H13BrN4O2S. The zero-order chi connectivity index (χ0) is 15.7. The lowest BCUT2D eigenvalue weighted by molar-refractivity contribution is 0.668. The molecule has 2 heterocycles. The van der Waals surface area contributed by atoms with E-state index in [9.17, 15) is 14.9 Å². The molecule has 6 nitrogen and oxygen atoms in total. The number of thiophene rings is 1. The highest BCUT2D eigenvalue weighted by Crippen LogP contribution is 2.24. The average molecular weight is 369 g/mol. The Hall–Kier alpha value is -1.85. The summed E-state index contributed by atoms with van der Waals surface area (Å²) in [6.45, 7) is 0.505. The summed E-state index contributed by atoms with van der Waals surface area (Å²) in [6.07, 6.45) is 0. The number of anilines is 1. The highest BCUT2D eigenvalue weighted by molar-refractivity contribution is 9.11. The number of hydrogen-bond acceptors (Lipinski definition) is 5. The second-order valence-corrected chi connectivity index (χ2v) is 7.13. The van der Waals surface area contributed by atoms with E-state index in [1.54, 1.807) is 30.3 Å². The van der Waals surface area contributed by atoms with E-state index < -0.39 is 11.2 Å². The van der Waals surface area contributed by atoms with Crippen molar-refractivity contribution in [2.24, 2.45) is 14.1 Å². The summed E-state index contributed by atoms with van der Waals surface area (Å²) in [5, 5.41) is 9.25. The van der Waals surface area contributed by atoms with E-state index in [2.05, 4.69) is 15.9 Å². The van der Waals surface area contributed by atoms with E-state index in [-0.39, 0.29) is 5.56 Å². The zero-order valence-electron chi connectivity index (χ0n) is 11.8. The SMILES string of the molecule is CN(Cc1ccc(Br)s1)c1c(C#N)c(=O)n(C)c(=O)n1C. The normalized spacial score (nSPS) is 10.4. The molecule has 0 saturated heterocycles. The van der Waals surface area contributed by atoms with Crippen LogP contribution in [-0.4, -0.2) is 16.2 Å². The number of nitrogens with zero attached hydrogens (tertiary/aromatic N) is 4. The van der Waals surface area contributed by atoms with Crippen molar-refractivity contribution < 1.29 is 0 Å². The number of hydrogen-bond donors (Lipinski definition) is 0. The van der Waals surface area contributed by atoms with Crippen molar-refractivity contribution in [3.63, 3.8) is 0 Å². The topological polar surface area (TPSA) is 71.0 Å². The third-order valence-corrected chi connectivity index (χ3v) is 4.74. The molecule has 0 aliphatic heterocycles. The van der Waals surface area contributed by atoms with Gasteiger partial charge in [-0.1, -0.05) is 0 Å². The Morgan fingerprint density at radius 1 is 1.33 bits per heavy atom. The number of aromatic nitrogens is 2. The largest absolute Gasteiger partial charge is 0.355 e. The first-order chi connectivity index (χ1) is 9.86. The molecular weight excluding hydrogens is 356 g/mol. The van der Waals surface area contributed by atoms with Crippen molar-refractivity contribution in [1.29, 1.82) is 5.26 Å². The van der Waals surface area contributed by atoms with Crippen molar-refractivity contribution >= 4 is 33.1 Å². The van der Waals surface area contributed by atoms with Gasteiger partial charge in [-0.25, -0.2) is 4.79 Å². The molecule has 0 amide bonds. The third-order valence-electron chi connectivity index (χ3n) is 3.13. The number of rotatable bonds is 3. The lowest BCUT2D eigenvalue weighted by atomic mass is 10.3. The molecule has 0 bridgehead atoms. The second-order valence-electron chi connectivity index (χ2n) is 4.58. The van der Waals surface area contributed by atoms with Crippen LogP contribution in [0.4, 0.5) is 5.82 Å². The Bertz CT molecular complexity index is 843. The molecule has 0 fully saturated rings. The maximum Gasteiger partial charge on any atom is 0.332 e. The van der Waals surface area contributed by atoms with Gasteiger partial charge in [-0.15, -0.1) is 11.3 Å². The van der Waals surface area contributed by atoms with E-state index >= 15 is 0 Å². The van der Waals surface area contributed by atoms with E-state index in [0.29, 0.717) is 12.4 Å². The molecule has 0 spiro atoms. The molecule has 110 valence electrons. The summed E-state index contributed by atoms with van der Waals surface area (Å²) < 4.78 is 3.27. The lowest BCUT2D eigenvalue weighted by Crippen LogP contribution is -2.41. The maximum atomic E-state index is 12.1. The van der Waals surface area contributed by atoms with E-state index in [1.807, 2.05) is 18.2 Å². The van der Waals surface area contributed by atoms with Crippen LogP contribution in [-0.2, 0) is 20.6 Å². The highest BCUT2D eigenvalue weighted by atomic mass is 79.9. The Morgan fingerprint density at radius 3 is 2.52 bits per heavy atom. The fourth-order valence-electron chi connectivity index (χ4n) is 2.12. The smallest absolute Gasteiger partial charge is 0.332 e. The third kappa shape index (κ3) is 2.80. The fourth-order valence-corrected chi connectivity index (χ4v) is 3.66. The van der Waals surface area contributed by atoms with Gasteiger partial charge < -0.3 is 4.90 Å². The summed E-state index contributed by atoms with van der Waals surface area (Å²) in [6, 6.07) is 5.79. The molecule has 0 radical (unpaired) electrons. The van der Waals surface area contributed by atoms with Gasteiger partial charge in [0.2, 0.25) is 0 Å². The summed E-state index contributed by atoms with van der Waals surface area (Å²) >= 11 is 4.96. The van der Waals surface area contributed by atoms with Crippen molar-refractivity contribution in [3.05, 3.63) is 47.2 Å². The molecule has 0 unspecified atom stereocenters. The van der Waals surface area contributed by atoms with Gasteiger partial charge >= 0.3 is 5.69 Å². The van der Waals surface area contributed by atoms with Crippen molar-refractivity contribution in [2.75, 3.05) is 11.9 Å². The van der Waals surface area contributed by atoms with Gasteiger partial charge in [-0.05, 0) is 28.1 Å². The molecule has 2 aromatic rings. The molecule has 0 aromatic carbocycles. The zero-order valence-corrected chi connectivity index (χ0v) is 14.2. The van der Waals surface area contributed by atoms with Crippen LogP contribution in [0.2, 0.25) is 0 Å². The van der Waals surface area contributed by atoms with Crippen LogP contribution in [0.5, 0.6) is 0 Å². The Labute approximate surface area is 133 Å². The Morgan fingerprint density at radius 2 is 2.00 bits per heavy atom. The van der Waals surface area contributed by atoms with E-state index in [4.69, 9.17) is 0 Å². The first kappa shape index (κ1) is 15.5. The maximum absolute atomic E-state index is 12.1. The minimum atomic E-state index is -0.574. The molecule has 0 saturated carbocycles. The van der Waals surface area contributed by atoms with Gasteiger partial charge in [0.1, 0.15) is 11.9 Å². The van der Waals surface area contributed by atoms with Crippen LogP contribution in [0.3, 0.4) is 0 Å². The lowest BCUT2D eigenvalue weighted by Gasteiger charge is -2.22. The predicted molar refractivity (Wildman–Crippen MR) is 85.8 cm³/mol. The molecule has 0 aliphatic carbocycles.